The second kappa shape index (κ2) is 11.6. The fourth-order valence-electron chi connectivity index (χ4n) is 5.30. The van der Waals surface area contributed by atoms with Gasteiger partial charge in [0.2, 0.25) is 0 Å². The molecule has 10 heteroatoms. The molecule has 0 amide bonds. The van der Waals surface area contributed by atoms with E-state index in [9.17, 15) is 9.59 Å². The first-order valence-electron chi connectivity index (χ1n) is 13.2. The number of halogens is 1. The molecular formula is C30H32BrN3O5S. The summed E-state index contributed by atoms with van der Waals surface area (Å²) >= 11 is 4.95. The number of anilines is 1. The summed E-state index contributed by atoms with van der Waals surface area (Å²) < 4.78 is 19.2. The van der Waals surface area contributed by atoms with Gasteiger partial charge in [-0.2, -0.15) is 0 Å². The minimum atomic E-state index is -0.773. The van der Waals surface area contributed by atoms with Gasteiger partial charge in [-0.25, -0.2) is 9.79 Å². The molecule has 1 aromatic heterocycles. The third-order valence-electron chi connectivity index (χ3n) is 7.33. The van der Waals surface area contributed by atoms with Crippen molar-refractivity contribution in [1.82, 2.24) is 4.57 Å². The number of thiazole rings is 1. The highest BCUT2D eigenvalue weighted by Gasteiger charge is 2.35. The number of methoxy groups -OCH3 is 2. The van der Waals surface area contributed by atoms with E-state index in [4.69, 9.17) is 14.2 Å². The van der Waals surface area contributed by atoms with Gasteiger partial charge in [0.1, 0.15) is 0 Å². The molecule has 0 aliphatic carbocycles. The molecule has 1 atom stereocenters. The van der Waals surface area contributed by atoms with Crippen molar-refractivity contribution in [2.75, 3.05) is 38.8 Å². The molecule has 8 nitrogen and oxygen atoms in total. The number of nitrogens with zero attached hydrogens (tertiary/aromatic N) is 3. The van der Waals surface area contributed by atoms with Crippen molar-refractivity contribution < 1.29 is 19.0 Å². The normalized spacial score (nSPS) is 17.1. The fourth-order valence-corrected chi connectivity index (χ4v) is 6.88. The first-order valence-corrected chi connectivity index (χ1v) is 14.8. The van der Waals surface area contributed by atoms with Gasteiger partial charge in [0, 0.05) is 23.2 Å². The maximum absolute atomic E-state index is 14.0. The summed E-state index contributed by atoms with van der Waals surface area (Å²) in [4.78, 5) is 34.9. The zero-order valence-corrected chi connectivity index (χ0v) is 25.6. The largest absolute Gasteiger partial charge is 0.493 e. The van der Waals surface area contributed by atoms with Crippen LogP contribution in [-0.4, -0.2) is 44.5 Å². The number of ether oxygens (including phenoxy) is 3. The van der Waals surface area contributed by atoms with Gasteiger partial charge in [0.05, 0.1) is 42.7 Å². The average Bonchev–Trinajstić information content (AvgIpc) is 3.57. The lowest BCUT2D eigenvalue weighted by atomic mass is 9.95. The van der Waals surface area contributed by atoms with Gasteiger partial charge >= 0.3 is 5.97 Å². The highest BCUT2D eigenvalue weighted by atomic mass is 79.9. The van der Waals surface area contributed by atoms with Crippen LogP contribution in [0.3, 0.4) is 0 Å². The highest BCUT2D eigenvalue weighted by Crippen LogP contribution is 2.40. The SMILES string of the molecule is CCOC(=O)C1=C(C)N=c2s/c(=C/c3ccc(N4CCCC4)cc3C)c(=O)n2[C@H]1c1cc(OC)c(OC)cc1Br. The van der Waals surface area contributed by atoms with Gasteiger partial charge in [0.25, 0.3) is 5.56 Å². The number of carbonyl (C=O) groups is 1. The molecular weight excluding hydrogens is 594 g/mol. The lowest BCUT2D eigenvalue weighted by Crippen LogP contribution is -2.40. The fraction of sp³-hybridized carbons (Fsp3) is 0.367. The van der Waals surface area contributed by atoms with Gasteiger partial charge in [0.15, 0.2) is 16.3 Å². The van der Waals surface area contributed by atoms with Crippen LogP contribution in [0, 0.1) is 6.92 Å². The van der Waals surface area contributed by atoms with E-state index in [2.05, 4.69) is 50.9 Å². The van der Waals surface area contributed by atoms with Crippen molar-refractivity contribution in [1.29, 1.82) is 0 Å². The smallest absolute Gasteiger partial charge is 0.338 e. The Morgan fingerprint density at radius 3 is 2.48 bits per heavy atom. The van der Waals surface area contributed by atoms with Crippen molar-refractivity contribution in [3.05, 3.63) is 82.5 Å². The standard InChI is InChI=1S/C30H32BrN3O5S/c1-6-39-29(36)26-18(3)32-30-34(27(26)21-15-23(37-4)24(38-5)16-22(21)31)28(35)25(40-30)14-19-9-10-20(13-17(19)2)33-11-7-8-12-33/h9-10,13-16,27H,6-8,11-12H2,1-5H3/b25-14+/t27-/m0/s1. The minimum Gasteiger partial charge on any atom is -0.493 e. The molecule has 210 valence electrons. The van der Waals surface area contributed by atoms with E-state index in [1.165, 1.54) is 29.9 Å². The molecule has 0 radical (unpaired) electrons. The molecule has 40 heavy (non-hydrogen) atoms. The lowest BCUT2D eigenvalue weighted by molar-refractivity contribution is -0.139. The number of carbonyl (C=O) groups excluding carboxylic acids is 1. The van der Waals surface area contributed by atoms with Crippen LogP contribution in [0.1, 0.15) is 49.4 Å². The van der Waals surface area contributed by atoms with E-state index < -0.39 is 12.0 Å². The van der Waals surface area contributed by atoms with Crippen LogP contribution in [0.2, 0.25) is 0 Å². The number of fused-ring (bicyclic) bond motifs is 1. The summed E-state index contributed by atoms with van der Waals surface area (Å²) in [5.41, 5.74) is 4.52. The molecule has 2 aromatic carbocycles. The number of allylic oxidation sites excluding steroid dienone is 1. The second-order valence-electron chi connectivity index (χ2n) is 9.77. The quantitative estimate of drug-likeness (QED) is 0.360. The number of benzene rings is 2. The van der Waals surface area contributed by atoms with Gasteiger partial charge in [-0.1, -0.05) is 33.3 Å². The Kier molecular flexibility index (Phi) is 8.19. The maximum Gasteiger partial charge on any atom is 0.338 e. The Labute approximate surface area is 245 Å². The minimum absolute atomic E-state index is 0.201. The van der Waals surface area contributed by atoms with Crippen molar-refractivity contribution in [2.24, 2.45) is 4.99 Å². The summed E-state index contributed by atoms with van der Waals surface area (Å²) in [5.74, 6) is 0.490. The number of rotatable bonds is 7. The molecule has 1 saturated heterocycles. The molecule has 0 bridgehead atoms. The molecule has 2 aliphatic rings. The molecule has 0 spiro atoms. The van der Waals surface area contributed by atoms with E-state index >= 15 is 0 Å². The molecule has 0 saturated carbocycles. The highest BCUT2D eigenvalue weighted by molar-refractivity contribution is 9.10. The van der Waals surface area contributed by atoms with E-state index in [0.29, 0.717) is 42.1 Å². The second-order valence-corrected chi connectivity index (χ2v) is 11.6. The molecule has 3 aromatic rings. The Morgan fingerprint density at radius 1 is 1.12 bits per heavy atom. The average molecular weight is 627 g/mol. The van der Waals surface area contributed by atoms with E-state index in [-0.39, 0.29) is 12.2 Å². The molecule has 5 rings (SSSR count). The monoisotopic (exact) mass is 625 g/mol. The number of hydrogen-bond acceptors (Lipinski definition) is 8. The Balaban J connectivity index is 1.69. The van der Waals surface area contributed by atoms with E-state index in [1.807, 2.05) is 6.08 Å². The molecule has 1 fully saturated rings. The molecule has 0 unspecified atom stereocenters. The summed E-state index contributed by atoms with van der Waals surface area (Å²) in [6.07, 6.45) is 4.34. The first kappa shape index (κ1) is 28.2. The van der Waals surface area contributed by atoms with Gasteiger partial charge in [-0.15, -0.1) is 0 Å². The van der Waals surface area contributed by atoms with Crippen molar-refractivity contribution >= 4 is 45.0 Å². The van der Waals surface area contributed by atoms with E-state index in [1.54, 1.807) is 44.8 Å². The van der Waals surface area contributed by atoms with Crippen molar-refractivity contribution in [3.8, 4) is 11.5 Å². The van der Waals surface area contributed by atoms with Crippen LogP contribution >= 0.6 is 27.3 Å². The maximum atomic E-state index is 14.0. The zero-order chi connectivity index (χ0) is 28.6. The summed E-state index contributed by atoms with van der Waals surface area (Å²) in [6.45, 7) is 7.94. The zero-order valence-electron chi connectivity index (χ0n) is 23.2. The van der Waals surface area contributed by atoms with Crippen molar-refractivity contribution in [2.45, 2.75) is 39.7 Å². The predicted octanol–water partition coefficient (Wildman–Crippen LogP) is 4.49. The van der Waals surface area contributed by atoms with Crippen molar-refractivity contribution in [3.63, 3.8) is 0 Å². The number of aryl methyl sites for hydroxylation is 1. The summed E-state index contributed by atoms with van der Waals surface area (Å²) in [7, 11) is 3.10. The van der Waals surface area contributed by atoms with Gasteiger partial charge < -0.3 is 19.1 Å². The number of hydrogen-bond donors (Lipinski definition) is 0. The van der Waals surface area contributed by atoms with Crippen LogP contribution in [0.5, 0.6) is 11.5 Å². The summed E-state index contributed by atoms with van der Waals surface area (Å²) in [5, 5.41) is 0. The topological polar surface area (TPSA) is 82.4 Å². The third-order valence-corrected chi connectivity index (χ3v) is 9.00. The van der Waals surface area contributed by atoms with Crippen LogP contribution in [0.15, 0.2) is 55.9 Å². The Bertz CT molecular complexity index is 1680. The molecule has 3 heterocycles. The Morgan fingerprint density at radius 2 is 1.82 bits per heavy atom. The third kappa shape index (κ3) is 5.10. The van der Waals surface area contributed by atoms with Crippen LogP contribution in [0.4, 0.5) is 5.69 Å². The van der Waals surface area contributed by atoms with Crippen LogP contribution in [0.25, 0.3) is 6.08 Å². The molecule has 2 aliphatic heterocycles. The van der Waals surface area contributed by atoms with Crippen LogP contribution in [-0.2, 0) is 9.53 Å². The lowest BCUT2D eigenvalue weighted by Gasteiger charge is -2.26. The number of aromatic nitrogens is 1. The Hall–Kier alpha value is -3.37. The van der Waals surface area contributed by atoms with Crippen LogP contribution < -0.4 is 29.3 Å². The van der Waals surface area contributed by atoms with E-state index in [0.717, 1.165) is 24.2 Å². The summed E-state index contributed by atoms with van der Waals surface area (Å²) in [6, 6.07) is 9.15. The molecule has 0 N–H and O–H groups in total. The predicted molar refractivity (Wildman–Crippen MR) is 160 cm³/mol. The van der Waals surface area contributed by atoms with Gasteiger partial charge in [-0.3, -0.25) is 9.36 Å². The first-order chi connectivity index (χ1) is 19.3. The number of esters is 1. The van der Waals surface area contributed by atoms with Gasteiger partial charge in [-0.05, 0) is 80.6 Å².